The monoisotopic (exact) mass is 505 g/mol. The zero-order valence-corrected chi connectivity index (χ0v) is 19.4. The van der Waals surface area contributed by atoms with E-state index in [0.29, 0.717) is 24.2 Å². The molecule has 2 rings (SSSR count). The van der Waals surface area contributed by atoms with E-state index in [4.69, 9.17) is 5.26 Å². The number of amides is 1. The summed E-state index contributed by atoms with van der Waals surface area (Å²) in [6, 6.07) is 17.3. The third-order valence-corrected chi connectivity index (χ3v) is 4.11. The van der Waals surface area contributed by atoms with E-state index < -0.39 is 0 Å². The maximum absolute atomic E-state index is 12.1. The molecule has 0 aliphatic rings. The zero-order chi connectivity index (χ0) is 20.4. The van der Waals surface area contributed by atoms with Gasteiger partial charge < -0.3 is 15.5 Å². The summed E-state index contributed by atoms with van der Waals surface area (Å²) >= 11 is 0. The summed E-state index contributed by atoms with van der Waals surface area (Å²) in [5, 5.41) is 15.5. The summed E-state index contributed by atoms with van der Waals surface area (Å²) < 4.78 is 0. The second kappa shape index (κ2) is 12.8. The average Bonchev–Trinajstić information content (AvgIpc) is 2.71. The van der Waals surface area contributed by atoms with Gasteiger partial charge in [0.05, 0.1) is 18.2 Å². The molecule has 29 heavy (non-hydrogen) atoms. The molecule has 154 valence electrons. The maximum Gasteiger partial charge on any atom is 0.253 e. The number of halogens is 1. The molecule has 0 aliphatic heterocycles. The first-order valence-corrected chi connectivity index (χ1v) is 9.35. The summed E-state index contributed by atoms with van der Waals surface area (Å²) in [6.07, 6.45) is 0.781. The number of benzene rings is 2. The van der Waals surface area contributed by atoms with Gasteiger partial charge in [0.25, 0.3) is 5.91 Å². The number of aliphatic imine (C=N–C) groups is 1. The highest BCUT2D eigenvalue weighted by Crippen LogP contribution is 2.08. The minimum atomic E-state index is 0. The fourth-order valence-electron chi connectivity index (χ4n) is 2.69. The van der Waals surface area contributed by atoms with Crippen LogP contribution in [0.3, 0.4) is 0 Å². The number of carbonyl (C=O) groups excluding carboxylic acids is 1. The van der Waals surface area contributed by atoms with Crippen molar-refractivity contribution in [3.63, 3.8) is 0 Å². The second-order valence-corrected chi connectivity index (χ2v) is 6.58. The van der Waals surface area contributed by atoms with Crippen LogP contribution in [-0.4, -0.2) is 44.0 Å². The van der Waals surface area contributed by atoms with Crippen molar-refractivity contribution in [2.75, 3.05) is 27.2 Å². The normalized spacial score (nSPS) is 10.5. The van der Waals surface area contributed by atoms with Gasteiger partial charge >= 0.3 is 0 Å². The minimum absolute atomic E-state index is 0. The Labute approximate surface area is 190 Å². The summed E-state index contributed by atoms with van der Waals surface area (Å²) in [6.45, 7) is 3.97. The second-order valence-electron chi connectivity index (χ2n) is 6.58. The van der Waals surface area contributed by atoms with Gasteiger partial charge in [0, 0.05) is 32.7 Å². The van der Waals surface area contributed by atoms with Gasteiger partial charge in [-0.05, 0) is 48.7 Å². The highest BCUT2D eigenvalue weighted by molar-refractivity contribution is 14.0. The van der Waals surface area contributed by atoms with Gasteiger partial charge in [-0.3, -0.25) is 4.79 Å². The summed E-state index contributed by atoms with van der Waals surface area (Å²) in [7, 11) is 3.50. The summed E-state index contributed by atoms with van der Waals surface area (Å²) in [4.78, 5) is 18.3. The van der Waals surface area contributed by atoms with Crippen molar-refractivity contribution in [2.45, 2.75) is 19.9 Å². The molecule has 2 aromatic rings. The lowest BCUT2D eigenvalue weighted by atomic mass is 10.1. The molecular formula is C22H28IN5O. The number of nitriles is 1. The van der Waals surface area contributed by atoms with E-state index in [9.17, 15) is 4.79 Å². The number of nitrogens with one attached hydrogen (secondary N) is 2. The number of nitrogens with zero attached hydrogens (tertiary/aromatic N) is 3. The average molecular weight is 505 g/mol. The first-order chi connectivity index (χ1) is 13.5. The van der Waals surface area contributed by atoms with E-state index in [1.807, 2.05) is 49.4 Å². The van der Waals surface area contributed by atoms with E-state index in [1.54, 1.807) is 25.1 Å². The first-order valence-electron chi connectivity index (χ1n) is 9.35. The Bertz CT molecular complexity index is 874. The Kier molecular flexibility index (Phi) is 10.8. The quantitative estimate of drug-likeness (QED) is 0.344. The van der Waals surface area contributed by atoms with Crippen molar-refractivity contribution >= 4 is 35.8 Å². The predicted octanol–water partition coefficient (Wildman–Crippen LogP) is 3.18. The standard InChI is InChI=1S/C22H27N5O.HI/c1-4-24-22(26-16-19-9-5-8-18(13-19)15-23)25-12-11-17-7-6-10-20(14-17)21(28)27(2)3;/h5-10,13-14H,4,11-12,16H2,1-3H3,(H2,24,25,26);1H. The molecule has 1 amide bonds. The maximum atomic E-state index is 12.1. The van der Waals surface area contributed by atoms with Gasteiger partial charge in [-0.2, -0.15) is 5.26 Å². The highest BCUT2D eigenvalue weighted by Gasteiger charge is 2.08. The molecule has 2 N–H and O–H groups in total. The summed E-state index contributed by atoms with van der Waals surface area (Å²) in [5.41, 5.74) is 3.42. The van der Waals surface area contributed by atoms with Crippen molar-refractivity contribution < 1.29 is 4.79 Å². The number of hydrogen-bond donors (Lipinski definition) is 2. The smallest absolute Gasteiger partial charge is 0.253 e. The van der Waals surface area contributed by atoms with Crippen molar-refractivity contribution in [3.8, 4) is 6.07 Å². The van der Waals surface area contributed by atoms with Crippen LogP contribution >= 0.6 is 24.0 Å². The molecule has 0 aromatic heterocycles. The van der Waals surface area contributed by atoms with Gasteiger partial charge in [-0.1, -0.05) is 24.3 Å². The summed E-state index contributed by atoms with van der Waals surface area (Å²) in [5.74, 6) is 0.731. The number of hydrogen-bond acceptors (Lipinski definition) is 3. The number of guanidine groups is 1. The van der Waals surface area contributed by atoms with Crippen molar-refractivity contribution in [3.05, 3.63) is 70.8 Å². The van der Waals surface area contributed by atoms with Gasteiger partial charge in [0.2, 0.25) is 0 Å². The van der Waals surface area contributed by atoms with Gasteiger partial charge in [-0.15, -0.1) is 24.0 Å². The van der Waals surface area contributed by atoms with E-state index in [1.165, 1.54) is 0 Å². The van der Waals surface area contributed by atoms with E-state index in [0.717, 1.165) is 30.1 Å². The zero-order valence-electron chi connectivity index (χ0n) is 17.1. The molecule has 6 nitrogen and oxygen atoms in total. The van der Waals surface area contributed by atoms with Crippen molar-refractivity contribution in [2.24, 2.45) is 4.99 Å². The van der Waals surface area contributed by atoms with Crippen LogP contribution < -0.4 is 10.6 Å². The molecule has 0 bridgehead atoms. The van der Waals surface area contributed by atoms with Crippen LogP contribution in [-0.2, 0) is 13.0 Å². The van der Waals surface area contributed by atoms with Crippen LogP contribution in [0.2, 0.25) is 0 Å². The Hall–Kier alpha value is -2.60. The lowest BCUT2D eigenvalue weighted by Gasteiger charge is -2.13. The van der Waals surface area contributed by atoms with E-state index >= 15 is 0 Å². The van der Waals surface area contributed by atoms with Gasteiger partial charge in [0.1, 0.15) is 0 Å². The first kappa shape index (κ1) is 24.4. The molecule has 0 saturated heterocycles. The molecule has 0 radical (unpaired) electrons. The lowest BCUT2D eigenvalue weighted by Crippen LogP contribution is -2.38. The van der Waals surface area contributed by atoms with Crippen LogP contribution in [0.5, 0.6) is 0 Å². The largest absolute Gasteiger partial charge is 0.357 e. The van der Waals surface area contributed by atoms with E-state index in [2.05, 4.69) is 21.7 Å². The number of carbonyl (C=O) groups is 1. The SMILES string of the molecule is CCNC(=NCc1cccc(C#N)c1)NCCc1cccc(C(=O)N(C)C)c1.I. The molecule has 0 atom stereocenters. The van der Waals surface area contributed by atoms with Crippen LogP contribution in [0.25, 0.3) is 0 Å². The van der Waals surface area contributed by atoms with Crippen LogP contribution in [0, 0.1) is 11.3 Å². The molecule has 0 heterocycles. The van der Waals surface area contributed by atoms with Crippen molar-refractivity contribution in [1.29, 1.82) is 5.26 Å². The van der Waals surface area contributed by atoms with Crippen LogP contribution in [0.1, 0.15) is 34.0 Å². The van der Waals surface area contributed by atoms with Crippen LogP contribution in [0.15, 0.2) is 53.5 Å². The molecule has 0 aliphatic carbocycles. The topological polar surface area (TPSA) is 80.5 Å². The van der Waals surface area contributed by atoms with Crippen LogP contribution in [0.4, 0.5) is 0 Å². The predicted molar refractivity (Wildman–Crippen MR) is 128 cm³/mol. The van der Waals surface area contributed by atoms with Gasteiger partial charge in [0.15, 0.2) is 5.96 Å². The molecule has 7 heteroatoms. The molecule has 0 fully saturated rings. The Morgan fingerprint density at radius 3 is 2.52 bits per heavy atom. The highest BCUT2D eigenvalue weighted by atomic mass is 127. The molecule has 0 spiro atoms. The minimum Gasteiger partial charge on any atom is -0.357 e. The molecule has 0 saturated carbocycles. The molecule has 0 unspecified atom stereocenters. The fourth-order valence-corrected chi connectivity index (χ4v) is 2.69. The lowest BCUT2D eigenvalue weighted by molar-refractivity contribution is 0.0827. The molecule has 2 aromatic carbocycles. The Balaban J connectivity index is 0.00000420. The third-order valence-electron chi connectivity index (χ3n) is 4.11. The Morgan fingerprint density at radius 1 is 1.10 bits per heavy atom. The molecular weight excluding hydrogens is 477 g/mol. The fraction of sp³-hybridized carbons (Fsp3) is 0.318. The number of rotatable bonds is 7. The third kappa shape index (κ3) is 8.11. The van der Waals surface area contributed by atoms with Gasteiger partial charge in [-0.25, -0.2) is 4.99 Å². The van der Waals surface area contributed by atoms with Crippen molar-refractivity contribution in [1.82, 2.24) is 15.5 Å². The Morgan fingerprint density at radius 2 is 1.83 bits per heavy atom. The van der Waals surface area contributed by atoms with E-state index in [-0.39, 0.29) is 29.9 Å².